The predicted molar refractivity (Wildman–Crippen MR) is 97.3 cm³/mol. The quantitative estimate of drug-likeness (QED) is 0.868. The van der Waals surface area contributed by atoms with Crippen LogP contribution in [0.2, 0.25) is 0 Å². The maximum absolute atomic E-state index is 12.3. The summed E-state index contributed by atoms with van der Waals surface area (Å²) in [7, 11) is 2.04. The molecule has 0 aliphatic carbocycles. The predicted octanol–water partition coefficient (Wildman–Crippen LogP) is 4.04. The molecule has 0 atom stereocenters. The highest BCUT2D eigenvalue weighted by Gasteiger charge is 2.25. The lowest BCUT2D eigenvalue weighted by Gasteiger charge is -2.25. The second kappa shape index (κ2) is 7.00. The van der Waals surface area contributed by atoms with Crippen molar-refractivity contribution < 1.29 is 4.79 Å². The molecule has 5 nitrogen and oxygen atoms in total. The molecule has 124 valence electrons. The van der Waals surface area contributed by atoms with Crippen molar-refractivity contribution in [1.82, 2.24) is 10.3 Å². The van der Waals surface area contributed by atoms with E-state index in [0.29, 0.717) is 6.04 Å². The number of hydrogen-bond donors (Lipinski definition) is 2. The Hall–Kier alpha value is -2.08. The Kier molecular flexibility index (Phi) is 5.26. The molecule has 1 aromatic carbocycles. The van der Waals surface area contributed by atoms with E-state index in [1.165, 1.54) is 11.3 Å². The minimum Gasteiger partial charge on any atom is -0.372 e. The molecule has 1 heterocycles. The zero-order valence-corrected chi connectivity index (χ0v) is 15.1. The molecular weight excluding hydrogens is 308 g/mol. The van der Waals surface area contributed by atoms with Crippen LogP contribution in [0.3, 0.4) is 0 Å². The van der Waals surface area contributed by atoms with Crippen LogP contribution in [0.5, 0.6) is 0 Å². The van der Waals surface area contributed by atoms with Crippen molar-refractivity contribution in [2.75, 3.05) is 17.3 Å². The van der Waals surface area contributed by atoms with Gasteiger partial charge in [-0.2, -0.15) is 0 Å². The minimum atomic E-state index is -0.509. The van der Waals surface area contributed by atoms with Gasteiger partial charge in [0.15, 0.2) is 0 Å². The average Bonchev–Trinajstić information content (AvgIpc) is 3.01. The molecule has 2 amide bonds. The number of urea groups is 1. The van der Waals surface area contributed by atoms with Gasteiger partial charge in [-0.05, 0) is 45.9 Å². The molecule has 0 radical (unpaired) electrons. The average molecular weight is 332 g/mol. The summed E-state index contributed by atoms with van der Waals surface area (Å²) in [4.78, 5) is 18.7. The molecule has 0 bridgehead atoms. The Balaban J connectivity index is 2.05. The molecule has 2 aromatic rings. The van der Waals surface area contributed by atoms with E-state index in [4.69, 9.17) is 0 Å². The second-order valence-electron chi connectivity index (χ2n) is 6.30. The first-order valence-electron chi connectivity index (χ1n) is 7.61. The van der Waals surface area contributed by atoms with Crippen molar-refractivity contribution in [3.05, 3.63) is 40.8 Å². The smallest absolute Gasteiger partial charge is 0.319 e. The normalized spacial score (nSPS) is 11.4. The van der Waals surface area contributed by atoms with Crippen molar-refractivity contribution in [2.45, 2.75) is 39.3 Å². The standard InChI is InChI=1S/C17H24N4OS/c1-12(2)21(5)14-8-6-7-13(11-14)19-16(22)20-17(3,4)15-18-9-10-23-15/h6-12H,1-5H3,(H2,19,20,22). The highest BCUT2D eigenvalue weighted by molar-refractivity contribution is 7.09. The van der Waals surface area contributed by atoms with Gasteiger partial charge >= 0.3 is 6.03 Å². The summed E-state index contributed by atoms with van der Waals surface area (Å²) < 4.78 is 0. The molecule has 0 aliphatic rings. The van der Waals surface area contributed by atoms with Crippen molar-refractivity contribution in [3.8, 4) is 0 Å². The molecule has 23 heavy (non-hydrogen) atoms. The number of aromatic nitrogens is 1. The lowest BCUT2D eigenvalue weighted by atomic mass is 10.1. The monoisotopic (exact) mass is 332 g/mol. The molecule has 0 saturated heterocycles. The van der Waals surface area contributed by atoms with Crippen LogP contribution in [0.1, 0.15) is 32.7 Å². The van der Waals surface area contributed by atoms with E-state index >= 15 is 0 Å². The number of benzene rings is 1. The van der Waals surface area contributed by atoms with Gasteiger partial charge in [0.25, 0.3) is 0 Å². The first kappa shape index (κ1) is 17.3. The van der Waals surface area contributed by atoms with Crippen LogP contribution in [0.15, 0.2) is 35.8 Å². The van der Waals surface area contributed by atoms with Crippen molar-refractivity contribution in [2.24, 2.45) is 0 Å². The van der Waals surface area contributed by atoms with Gasteiger partial charge in [0.05, 0.1) is 5.54 Å². The highest BCUT2D eigenvalue weighted by atomic mass is 32.1. The van der Waals surface area contributed by atoms with Crippen LogP contribution in [0.25, 0.3) is 0 Å². The second-order valence-corrected chi connectivity index (χ2v) is 7.19. The van der Waals surface area contributed by atoms with Gasteiger partial charge < -0.3 is 15.5 Å². The van der Waals surface area contributed by atoms with Gasteiger partial charge in [-0.15, -0.1) is 11.3 Å². The Bertz CT molecular complexity index is 652. The summed E-state index contributed by atoms with van der Waals surface area (Å²) in [6, 6.07) is 7.97. The topological polar surface area (TPSA) is 57.3 Å². The number of thiazole rings is 1. The van der Waals surface area contributed by atoms with Crippen LogP contribution in [-0.4, -0.2) is 24.1 Å². The molecule has 0 aliphatic heterocycles. The van der Waals surface area contributed by atoms with E-state index in [2.05, 4.69) is 34.4 Å². The molecule has 0 saturated carbocycles. The fraction of sp³-hybridized carbons (Fsp3) is 0.412. The van der Waals surface area contributed by atoms with Crippen LogP contribution >= 0.6 is 11.3 Å². The van der Waals surface area contributed by atoms with E-state index in [1.54, 1.807) is 6.20 Å². The van der Waals surface area contributed by atoms with Gasteiger partial charge in [0.1, 0.15) is 5.01 Å². The van der Waals surface area contributed by atoms with Crippen molar-refractivity contribution >= 4 is 28.7 Å². The molecule has 0 spiro atoms. The molecular formula is C17H24N4OS. The summed E-state index contributed by atoms with van der Waals surface area (Å²) in [6.45, 7) is 8.13. The van der Waals surface area contributed by atoms with Gasteiger partial charge in [0, 0.05) is 36.0 Å². The summed E-state index contributed by atoms with van der Waals surface area (Å²) in [5.41, 5.74) is 1.32. The Morgan fingerprint density at radius 2 is 2.09 bits per heavy atom. The summed E-state index contributed by atoms with van der Waals surface area (Å²) >= 11 is 1.53. The third kappa shape index (κ3) is 4.45. The van der Waals surface area contributed by atoms with Gasteiger partial charge in [-0.3, -0.25) is 0 Å². The fourth-order valence-corrected chi connectivity index (χ4v) is 2.85. The third-order valence-corrected chi connectivity index (χ3v) is 4.78. The van der Waals surface area contributed by atoms with Crippen LogP contribution in [-0.2, 0) is 5.54 Å². The molecule has 0 unspecified atom stereocenters. The lowest BCUT2D eigenvalue weighted by molar-refractivity contribution is 0.242. The lowest BCUT2D eigenvalue weighted by Crippen LogP contribution is -2.43. The first-order valence-corrected chi connectivity index (χ1v) is 8.49. The van der Waals surface area contributed by atoms with Crippen LogP contribution in [0.4, 0.5) is 16.2 Å². The van der Waals surface area contributed by atoms with Gasteiger partial charge in [-0.1, -0.05) is 6.07 Å². The van der Waals surface area contributed by atoms with E-state index in [-0.39, 0.29) is 6.03 Å². The maximum Gasteiger partial charge on any atom is 0.319 e. The van der Waals surface area contributed by atoms with E-state index < -0.39 is 5.54 Å². The summed E-state index contributed by atoms with van der Waals surface area (Å²) in [5, 5.41) is 8.64. The Morgan fingerprint density at radius 3 is 2.70 bits per heavy atom. The number of nitrogens with one attached hydrogen (secondary N) is 2. The number of hydrogen-bond acceptors (Lipinski definition) is 4. The van der Waals surface area contributed by atoms with Crippen molar-refractivity contribution in [3.63, 3.8) is 0 Å². The van der Waals surface area contributed by atoms with Crippen LogP contribution < -0.4 is 15.5 Å². The SMILES string of the molecule is CC(C)N(C)c1cccc(NC(=O)NC(C)(C)c2nccs2)c1. The fourth-order valence-electron chi connectivity index (χ4n) is 2.13. The highest BCUT2D eigenvalue weighted by Crippen LogP contribution is 2.23. The number of rotatable bonds is 5. The van der Waals surface area contributed by atoms with Crippen LogP contribution in [0, 0.1) is 0 Å². The molecule has 2 N–H and O–H groups in total. The first-order chi connectivity index (χ1) is 10.8. The number of carbonyl (C=O) groups excluding carboxylic acids is 1. The number of anilines is 2. The number of carbonyl (C=O) groups is 1. The van der Waals surface area contributed by atoms with Gasteiger partial charge in [-0.25, -0.2) is 9.78 Å². The molecule has 0 fully saturated rings. The van der Waals surface area contributed by atoms with E-state index in [0.717, 1.165) is 16.4 Å². The van der Waals surface area contributed by atoms with E-state index in [9.17, 15) is 4.79 Å². The molecule has 6 heteroatoms. The third-order valence-electron chi connectivity index (χ3n) is 3.68. The molecule has 1 aromatic heterocycles. The summed E-state index contributed by atoms with van der Waals surface area (Å²) in [5.74, 6) is 0. The molecule has 2 rings (SSSR count). The minimum absolute atomic E-state index is 0.241. The number of amides is 2. The Morgan fingerprint density at radius 1 is 1.35 bits per heavy atom. The largest absolute Gasteiger partial charge is 0.372 e. The Labute approximate surface area is 141 Å². The van der Waals surface area contributed by atoms with Gasteiger partial charge in [0.2, 0.25) is 0 Å². The van der Waals surface area contributed by atoms with E-state index in [1.807, 2.05) is 50.5 Å². The maximum atomic E-state index is 12.3. The summed E-state index contributed by atoms with van der Waals surface area (Å²) in [6.07, 6.45) is 1.74. The number of nitrogens with zero attached hydrogens (tertiary/aromatic N) is 2. The zero-order valence-electron chi connectivity index (χ0n) is 14.3. The zero-order chi connectivity index (χ0) is 17.0. The van der Waals surface area contributed by atoms with Crippen molar-refractivity contribution in [1.29, 1.82) is 0 Å².